The van der Waals surface area contributed by atoms with Crippen LogP contribution >= 0.6 is 0 Å². The fourth-order valence-corrected chi connectivity index (χ4v) is 3.28. The van der Waals surface area contributed by atoms with E-state index in [0.717, 1.165) is 5.56 Å². The Kier molecular flexibility index (Phi) is 5.49. The molecule has 3 rings (SSSR count). The van der Waals surface area contributed by atoms with Crippen LogP contribution < -0.4 is 4.74 Å². The lowest BCUT2D eigenvalue weighted by atomic mass is 10.1. The van der Waals surface area contributed by atoms with Gasteiger partial charge in [-0.25, -0.2) is 4.68 Å². The second-order valence-electron chi connectivity index (χ2n) is 6.55. The fourth-order valence-electron chi connectivity index (χ4n) is 3.28. The zero-order valence-electron chi connectivity index (χ0n) is 14.9. The molecule has 0 spiro atoms. The van der Waals surface area contributed by atoms with Crippen LogP contribution in [0.3, 0.4) is 0 Å². The van der Waals surface area contributed by atoms with Gasteiger partial charge in [-0.2, -0.15) is 5.26 Å². The van der Waals surface area contributed by atoms with Crippen LogP contribution in [0.4, 0.5) is 0 Å². The maximum absolute atomic E-state index is 12.8. The molecule has 1 aromatic carbocycles. The van der Waals surface area contributed by atoms with Crippen molar-refractivity contribution in [3.63, 3.8) is 0 Å². The highest BCUT2D eigenvalue weighted by atomic mass is 16.5. The van der Waals surface area contributed by atoms with Crippen molar-refractivity contribution < 1.29 is 9.53 Å². The molecule has 1 aliphatic heterocycles. The average molecular weight is 354 g/mol. The third kappa shape index (κ3) is 4.00. The van der Waals surface area contributed by atoms with Crippen molar-refractivity contribution in [2.75, 3.05) is 33.8 Å². The number of likely N-dealkylation sites (N-methyl/N-ethyl adjacent to an activating group) is 1. The van der Waals surface area contributed by atoms with Gasteiger partial charge in [-0.1, -0.05) is 17.3 Å². The summed E-state index contributed by atoms with van der Waals surface area (Å²) in [5.74, 6) is 0.668. The van der Waals surface area contributed by atoms with Crippen LogP contribution in [0.2, 0.25) is 0 Å². The number of rotatable bonds is 6. The second kappa shape index (κ2) is 7.97. The highest BCUT2D eigenvalue weighted by Gasteiger charge is 2.37. The topological polar surface area (TPSA) is 87.3 Å². The molecule has 1 fully saturated rings. The largest absolute Gasteiger partial charge is 0.479 e. The molecular formula is C18H22N6O2. The van der Waals surface area contributed by atoms with Gasteiger partial charge in [0, 0.05) is 19.3 Å². The average Bonchev–Trinajstić information content (AvgIpc) is 3.29. The van der Waals surface area contributed by atoms with Gasteiger partial charge in [-0.05, 0) is 31.8 Å². The minimum Gasteiger partial charge on any atom is -0.479 e. The number of amides is 1. The number of benzene rings is 1. The van der Waals surface area contributed by atoms with E-state index in [0.29, 0.717) is 25.3 Å². The first-order valence-electron chi connectivity index (χ1n) is 8.47. The van der Waals surface area contributed by atoms with E-state index >= 15 is 0 Å². The summed E-state index contributed by atoms with van der Waals surface area (Å²) in [6.45, 7) is 1.25. The van der Waals surface area contributed by atoms with Crippen LogP contribution in [0.25, 0.3) is 0 Å². The third-order valence-corrected chi connectivity index (χ3v) is 4.61. The van der Waals surface area contributed by atoms with Crippen molar-refractivity contribution in [1.82, 2.24) is 24.8 Å². The number of aromatic nitrogens is 3. The van der Waals surface area contributed by atoms with Gasteiger partial charge in [0.05, 0.1) is 24.7 Å². The van der Waals surface area contributed by atoms with Gasteiger partial charge in [-0.15, -0.1) is 5.10 Å². The monoisotopic (exact) mass is 354 g/mol. The predicted molar refractivity (Wildman–Crippen MR) is 94.4 cm³/mol. The molecule has 1 aromatic heterocycles. The van der Waals surface area contributed by atoms with Crippen LogP contribution in [0.1, 0.15) is 11.6 Å². The number of nitriles is 1. The molecule has 2 heterocycles. The fraction of sp³-hybridized carbons (Fsp3) is 0.444. The van der Waals surface area contributed by atoms with Crippen molar-refractivity contribution in [2.24, 2.45) is 0 Å². The molecule has 8 nitrogen and oxygen atoms in total. The summed E-state index contributed by atoms with van der Waals surface area (Å²) in [5.41, 5.74) is 0.871. The summed E-state index contributed by atoms with van der Waals surface area (Å²) in [4.78, 5) is 16.8. The lowest BCUT2D eigenvalue weighted by Gasteiger charge is -2.24. The molecule has 26 heavy (non-hydrogen) atoms. The number of hydrogen-bond acceptors (Lipinski definition) is 6. The molecule has 136 valence electrons. The number of hydrogen-bond donors (Lipinski definition) is 0. The zero-order valence-corrected chi connectivity index (χ0v) is 14.9. The summed E-state index contributed by atoms with van der Waals surface area (Å²) >= 11 is 0. The Hall–Kier alpha value is -2.92. The van der Waals surface area contributed by atoms with E-state index in [4.69, 9.17) is 10.00 Å². The Labute approximate surface area is 152 Å². The lowest BCUT2D eigenvalue weighted by molar-refractivity contribution is -0.129. The Morgan fingerprint density at radius 1 is 1.42 bits per heavy atom. The number of carbonyl (C=O) groups excluding carboxylic acids is 1. The minimum atomic E-state index is -0.00632. The van der Waals surface area contributed by atoms with E-state index < -0.39 is 0 Å². The molecule has 0 unspecified atom stereocenters. The van der Waals surface area contributed by atoms with E-state index in [-0.39, 0.29) is 24.6 Å². The summed E-state index contributed by atoms with van der Waals surface area (Å²) < 4.78 is 7.13. The standard InChI is InChI=1S/C18H22N6O2/c1-22(2)16-12-23(13-17(16)24-8-7-20-21-24)18(25)11-14-4-3-5-15(10-14)26-9-6-19/h3-5,7-8,10,16-17H,9,11-13H2,1-2H3/t16-,17+/m1/s1. The summed E-state index contributed by atoms with van der Waals surface area (Å²) in [6, 6.07) is 9.53. The van der Waals surface area contributed by atoms with Crippen molar-refractivity contribution >= 4 is 5.91 Å². The van der Waals surface area contributed by atoms with E-state index in [1.807, 2.05) is 54.1 Å². The van der Waals surface area contributed by atoms with E-state index in [1.165, 1.54) is 0 Å². The number of likely N-dealkylation sites (tertiary alicyclic amines) is 1. The maximum atomic E-state index is 12.8. The molecular weight excluding hydrogens is 332 g/mol. The van der Waals surface area contributed by atoms with Gasteiger partial charge >= 0.3 is 0 Å². The van der Waals surface area contributed by atoms with Gasteiger partial charge in [-0.3, -0.25) is 4.79 Å². The molecule has 0 radical (unpaired) electrons. The van der Waals surface area contributed by atoms with Gasteiger partial charge < -0.3 is 14.5 Å². The smallest absolute Gasteiger partial charge is 0.227 e. The Morgan fingerprint density at radius 3 is 2.96 bits per heavy atom. The molecule has 2 aromatic rings. The lowest BCUT2D eigenvalue weighted by Crippen LogP contribution is -2.37. The molecule has 0 bridgehead atoms. The Bertz CT molecular complexity index is 783. The molecule has 0 saturated carbocycles. The molecule has 0 aliphatic carbocycles. The van der Waals surface area contributed by atoms with Crippen LogP contribution in [-0.2, 0) is 11.2 Å². The van der Waals surface area contributed by atoms with Crippen molar-refractivity contribution in [2.45, 2.75) is 18.5 Å². The highest BCUT2D eigenvalue weighted by Crippen LogP contribution is 2.25. The van der Waals surface area contributed by atoms with E-state index in [9.17, 15) is 4.79 Å². The van der Waals surface area contributed by atoms with Crippen molar-refractivity contribution in [3.05, 3.63) is 42.2 Å². The van der Waals surface area contributed by atoms with Crippen LogP contribution in [-0.4, -0.2) is 70.5 Å². The van der Waals surface area contributed by atoms with Gasteiger partial charge in [0.25, 0.3) is 0 Å². The first-order valence-corrected chi connectivity index (χ1v) is 8.47. The molecule has 8 heteroatoms. The van der Waals surface area contributed by atoms with E-state index in [1.54, 1.807) is 12.3 Å². The Morgan fingerprint density at radius 2 is 2.27 bits per heavy atom. The first kappa shape index (κ1) is 17.9. The molecule has 0 N–H and O–H groups in total. The highest BCUT2D eigenvalue weighted by molar-refractivity contribution is 5.79. The second-order valence-corrected chi connectivity index (χ2v) is 6.55. The van der Waals surface area contributed by atoms with Gasteiger partial charge in [0.1, 0.15) is 11.8 Å². The quantitative estimate of drug-likeness (QED) is 0.760. The van der Waals surface area contributed by atoms with Crippen molar-refractivity contribution in [3.8, 4) is 11.8 Å². The molecule has 1 saturated heterocycles. The molecule has 1 amide bonds. The van der Waals surface area contributed by atoms with E-state index in [2.05, 4.69) is 15.2 Å². The Balaban J connectivity index is 1.68. The number of carbonyl (C=O) groups is 1. The van der Waals surface area contributed by atoms with Crippen LogP contribution in [0.5, 0.6) is 5.75 Å². The SMILES string of the molecule is CN(C)[C@@H]1CN(C(=O)Cc2cccc(OCC#N)c2)C[C@@H]1n1ccnn1. The van der Waals surface area contributed by atoms with Crippen LogP contribution in [0, 0.1) is 11.3 Å². The molecule has 2 atom stereocenters. The summed E-state index contributed by atoms with van der Waals surface area (Å²) in [5, 5.41) is 16.6. The maximum Gasteiger partial charge on any atom is 0.227 e. The zero-order chi connectivity index (χ0) is 18.5. The normalized spacial score (nSPS) is 19.5. The molecule has 1 aliphatic rings. The first-order chi connectivity index (χ1) is 12.6. The van der Waals surface area contributed by atoms with Gasteiger partial charge in [0.2, 0.25) is 5.91 Å². The summed E-state index contributed by atoms with van der Waals surface area (Å²) in [6.07, 6.45) is 3.79. The number of nitrogens with zero attached hydrogens (tertiary/aromatic N) is 6. The van der Waals surface area contributed by atoms with Gasteiger partial charge in [0.15, 0.2) is 6.61 Å². The third-order valence-electron chi connectivity index (χ3n) is 4.61. The predicted octanol–water partition coefficient (Wildman–Crippen LogP) is 0.737. The van der Waals surface area contributed by atoms with Crippen LogP contribution in [0.15, 0.2) is 36.7 Å². The summed E-state index contributed by atoms with van der Waals surface area (Å²) in [7, 11) is 4.02. The van der Waals surface area contributed by atoms with Crippen molar-refractivity contribution in [1.29, 1.82) is 5.26 Å². The number of ether oxygens (including phenoxy) is 1. The minimum absolute atomic E-state index is 0.00632.